The Kier molecular flexibility index (Phi) is 6.72. The van der Waals surface area contributed by atoms with Crippen molar-refractivity contribution < 1.29 is 14.3 Å². The van der Waals surface area contributed by atoms with E-state index in [9.17, 15) is 9.59 Å². The molecule has 0 heterocycles. The number of ether oxygens (including phenoxy) is 1. The minimum absolute atomic E-state index is 0.0153. The fourth-order valence-corrected chi connectivity index (χ4v) is 1.66. The molecule has 0 aliphatic heterocycles. The van der Waals surface area contributed by atoms with Gasteiger partial charge >= 0.3 is 6.09 Å². The quantitative estimate of drug-likeness (QED) is 0.790. The molecule has 5 heteroatoms. The van der Waals surface area contributed by atoms with Gasteiger partial charge in [-0.05, 0) is 32.8 Å². The van der Waals surface area contributed by atoms with Gasteiger partial charge in [0.1, 0.15) is 5.60 Å². The average molecular weight is 292 g/mol. The van der Waals surface area contributed by atoms with Crippen LogP contribution in [-0.4, -0.2) is 30.7 Å². The number of carbonyl (C=O) groups is 2. The SMILES string of the molecule is CC(C)(C)OC(=O)NCCCNC(=O)Cc1ccccc1. The molecule has 0 bridgehead atoms. The summed E-state index contributed by atoms with van der Waals surface area (Å²) in [6, 6.07) is 9.58. The van der Waals surface area contributed by atoms with Crippen LogP contribution in [0, 0.1) is 0 Å². The highest BCUT2D eigenvalue weighted by atomic mass is 16.6. The van der Waals surface area contributed by atoms with E-state index in [2.05, 4.69) is 10.6 Å². The summed E-state index contributed by atoms with van der Waals surface area (Å²) in [7, 11) is 0. The van der Waals surface area contributed by atoms with E-state index in [1.807, 2.05) is 51.1 Å². The van der Waals surface area contributed by atoms with Gasteiger partial charge in [0.15, 0.2) is 0 Å². The first-order valence-electron chi connectivity index (χ1n) is 7.14. The predicted molar refractivity (Wildman–Crippen MR) is 82.0 cm³/mol. The van der Waals surface area contributed by atoms with Gasteiger partial charge in [0.05, 0.1) is 6.42 Å². The molecule has 2 amide bonds. The maximum Gasteiger partial charge on any atom is 0.407 e. The summed E-state index contributed by atoms with van der Waals surface area (Å²) in [5.74, 6) is -0.0153. The lowest BCUT2D eigenvalue weighted by atomic mass is 10.1. The molecule has 0 aromatic heterocycles. The van der Waals surface area contributed by atoms with Crippen LogP contribution in [0.25, 0.3) is 0 Å². The molecule has 0 saturated carbocycles. The maximum absolute atomic E-state index is 11.7. The number of carbonyl (C=O) groups excluding carboxylic acids is 2. The van der Waals surface area contributed by atoms with Crippen molar-refractivity contribution >= 4 is 12.0 Å². The molecule has 5 nitrogen and oxygen atoms in total. The van der Waals surface area contributed by atoms with Crippen molar-refractivity contribution in [1.82, 2.24) is 10.6 Å². The Morgan fingerprint density at radius 3 is 2.29 bits per heavy atom. The van der Waals surface area contributed by atoms with Crippen molar-refractivity contribution in [3.63, 3.8) is 0 Å². The Balaban J connectivity index is 2.09. The molecule has 0 aliphatic carbocycles. The highest BCUT2D eigenvalue weighted by Gasteiger charge is 2.15. The van der Waals surface area contributed by atoms with Crippen molar-refractivity contribution in [2.45, 2.75) is 39.2 Å². The molecular formula is C16H24N2O3. The molecule has 21 heavy (non-hydrogen) atoms. The Morgan fingerprint density at radius 2 is 1.67 bits per heavy atom. The molecule has 0 fully saturated rings. The van der Waals surface area contributed by atoms with Crippen LogP contribution in [0.15, 0.2) is 30.3 Å². The molecule has 1 aromatic carbocycles. The monoisotopic (exact) mass is 292 g/mol. The van der Waals surface area contributed by atoms with Crippen LogP contribution in [0.2, 0.25) is 0 Å². The zero-order valence-corrected chi connectivity index (χ0v) is 12.9. The van der Waals surface area contributed by atoms with Crippen molar-refractivity contribution in [1.29, 1.82) is 0 Å². The van der Waals surface area contributed by atoms with E-state index in [1.54, 1.807) is 0 Å². The Morgan fingerprint density at radius 1 is 1.05 bits per heavy atom. The lowest BCUT2D eigenvalue weighted by molar-refractivity contribution is -0.120. The van der Waals surface area contributed by atoms with Gasteiger partial charge in [-0.1, -0.05) is 30.3 Å². The summed E-state index contributed by atoms with van der Waals surface area (Å²) >= 11 is 0. The largest absolute Gasteiger partial charge is 0.444 e. The van der Waals surface area contributed by atoms with Crippen molar-refractivity contribution in [2.75, 3.05) is 13.1 Å². The van der Waals surface area contributed by atoms with Crippen LogP contribution in [-0.2, 0) is 16.0 Å². The summed E-state index contributed by atoms with van der Waals surface area (Å²) in [5.41, 5.74) is 0.496. The highest BCUT2D eigenvalue weighted by Crippen LogP contribution is 2.06. The molecule has 0 spiro atoms. The molecule has 0 aliphatic rings. The van der Waals surface area contributed by atoms with Gasteiger partial charge in [0, 0.05) is 13.1 Å². The molecule has 2 N–H and O–H groups in total. The smallest absolute Gasteiger partial charge is 0.407 e. The first-order valence-corrected chi connectivity index (χ1v) is 7.14. The van der Waals surface area contributed by atoms with Crippen molar-refractivity contribution in [2.24, 2.45) is 0 Å². The number of rotatable bonds is 6. The van der Waals surface area contributed by atoms with E-state index in [0.29, 0.717) is 25.9 Å². The fourth-order valence-electron chi connectivity index (χ4n) is 1.66. The zero-order valence-electron chi connectivity index (χ0n) is 12.9. The van der Waals surface area contributed by atoms with E-state index in [-0.39, 0.29) is 5.91 Å². The first kappa shape index (κ1) is 17.0. The number of nitrogens with one attached hydrogen (secondary N) is 2. The number of amides is 2. The van der Waals surface area contributed by atoms with Crippen LogP contribution in [0.3, 0.4) is 0 Å². The first-order chi connectivity index (χ1) is 9.87. The molecule has 0 atom stereocenters. The summed E-state index contributed by atoms with van der Waals surface area (Å²) in [6.07, 6.45) is 0.609. The minimum Gasteiger partial charge on any atom is -0.444 e. The van der Waals surface area contributed by atoms with Crippen LogP contribution in [0.5, 0.6) is 0 Å². The van der Waals surface area contributed by atoms with Gasteiger partial charge in [-0.15, -0.1) is 0 Å². The molecule has 0 radical (unpaired) electrons. The lowest BCUT2D eigenvalue weighted by Gasteiger charge is -2.19. The van der Waals surface area contributed by atoms with E-state index in [4.69, 9.17) is 4.74 Å². The van der Waals surface area contributed by atoms with E-state index in [1.165, 1.54) is 0 Å². The van der Waals surface area contributed by atoms with Gasteiger partial charge in [-0.3, -0.25) is 4.79 Å². The second-order valence-electron chi connectivity index (χ2n) is 5.79. The van der Waals surface area contributed by atoms with E-state index >= 15 is 0 Å². The molecule has 0 saturated heterocycles. The van der Waals surface area contributed by atoms with Crippen LogP contribution in [0.4, 0.5) is 4.79 Å². The van der Waals surface area contributed by atoms with Gasteiger partial charge < -0.3 is 15.4 Å². The maximum atomic E-state index is 11.7. The van der Waals surface area contributed by atoms with Gasteiger partial charge in [-0.2, -0.15) is 0 Å². The Bertz CT molecular complexity index is 452. The van der Waals surface area contributed by atoms with Crippen molar-refractivity contribution in [3.05, 3.63) is 35.9 Å². The van der Waals surface area contributed by atoms with Gasteiger partial charge in [0.2, 0.25) is 5.91 Å². The predicted octanol–water partition coefficient (Wildman–Crippen LogP) is 2.26. The average Bonchev–Trinajstić information content (AvgIpc) is 2.37. The van der Waals surface area contributed by atoms with Crippen LogP contribution >= 0.6 is 0 Å². The van der Waals surface area contributed by atoms with Gasteiger partial charge in [0.25, 0.3) is 0 Å². The minimum atomic E-state index is -0.492. The standard InChI is InChI=1S/C16H24N2O3/c1-16(2,3)21-15(20)18-11-7-10-17-14(19)12-13-8-5-4-6-9-13/h4-6,8-9H,7,10-12H2,1-3H3,(H,17,19)(H,18,20). The summed E-state index contributed by atoms with van der Waals surface area (Å²) in [4.78, 5) is 23.1. The van der Waals surface area contributed by atoms with E-state index < -0.39 is 11.7 Å². The van der Waals surface area contributed by atoms with Crippen LogP contribution in [0.1, 0.15) is 32.8 Å². The lowest BCUT2D eigenvalue weighted by Crippen LogP contribution is -2.34. The third-order valence-corrected chi connectivity index (χ3v) is 2.55. The van der Waals surface area contributed by atoms with Crippen molar-refractivity contribution in [3.8, 4) is 0 Å². The van der Waals surface area contributed by atoms with Crippen LogP contribution < -0.4 is 10.6 Å². The number of hydrogen-bond donors (Lipinski definition) is 2. The topological polar surface area (TPSA) is 67.4 Å². The second kappa shape index (κ2) is 8.29. The zero-order chi connectivity index (χ0) is 15.7. The molecule has 116 valence electrons. The number of benzene rings is 1. The number of alkyl carbamates (subject to hydrolysis) is 1. The Hall–Kier alpha value is -2.04. The molecular weight excluding hydrogens is 268 g/mol. The molecule has 0 unspecified atom stereocenters. The third kappa shape index (κ3) is 8.68. The summed E-state index contributed by atoms with van der Waals surface area (Å²) in [6.45, 7) is 6.45. The summed E-state index contributed by atoms with van der Waals surface area (Å²) in [5, 5.41) is 5.47. The highest BCUT2D eigenvalue weighted by molar-refractivity contribution is 5.78. The van der Waals surface area contributed by atoms with Gasteiger partial charge in [-0.25, -0.2) is 4.79 Å². The molecule has 1 aromatic rings. The number of hydrogen-bond acceptors (Lipinski definition) is 3. The Labute approximate surface area is 126 Å². The third-order valence-electron chi connectivity index (χ3n) is 2.55. The fraction of sp³-hybridized carbons (Fsp3) is 0.500. The normalized spacial score (nSPS) is 10.8. The summed E-state index contributed by atoms with van der Waals surface area (Å²) < 4.78 is 5.11. The second-order valence-corrected chi connectivity index (χ2v) is 5.79. The molecule has 1 rings (SSSR count). The van der Waals surface area contributed by atoms with E-state index in [0.717, 1.165) is 5.56 Å².